The summed E-state index contributed by atoms with van der Waals surface area (Å²) in [4.78, 5) is 41.0. The average molecular weight is 502 g/mol. The average Bonchev–Trinajstić information content (AvgIpc) is 3.14. The van der Waals surface area contributed by atoms with Gasteiger partial charge in [0.25, 0.3) is 11.8 Å². The van der Waals surface area contributed by atoms with Gasteiger partial charge in [0.05, 0.1) is 18.4 Å². The molecule has 1 saturated heterocycles. The number of carbonyl (C=O) groups excluding carboxylic acids is 3. The Morgan fingerprint density at radius 3 is 2.14 bits per heavy atom. The lowest BCUT2D eigenvalue weighted by molar-refractivity contribution is -0.127. The normalized spacial score (nSPS) is 15.2. The SMILES string of the molecule is COC(=O)c1ccc(N2C(=O)C(=Cc3cc(C)n(-c4ccc(C)c(C)c4)c3C)C(=O)N(C)C2=S)cc1. The Kier molecular flexibility index (Phi) is 6.65. The van der Waals surface area contributed by atoms with Crippen LogP contribution in [0.3, 0.4) is 0 Å². The number of amides is 2. The minimum atomic E-state index is -0.523. The van der Waals surface area contributed by atoms with E-state index in [0.717, 1.165) is 22.6 Å². The number of rotatable bonds is 4. The van der Waals surface area contributed by atoms with Crippen molar-refractivity contribution >= 4 is 46.9 Å². The Labute approximate surface area is 215 Å². The number of thiocarbonyl (C=S) groups is 1. The molecule has 8 heteroatoms. The Bertz CT molecular complexity index is 1450. The topological polar surface area (TPSA) is 71.8 Å². The first kappa shape index (κ1) is 25.1. The largest absolute Gasteiger partial charge is 0.465 e. The number of nitrogens with zero attached hydrogens (tertiary/aromatic N) is 3. The molecule has 1 aromatic heterocycles. The van der Waals surface area contributed by atoms with Gasteiger partial charge in [0.2, 0.25) is 0 Å². The number of methoxy groups -OCH3 is 1. The van der Waals surface area contributed by atoms with Crippen LogP contribution in [0.4, 0.5) is 5.69 Å². The van der Waals surface area contributed by atoms with Crippen LogP contribution < -0.4 is 4.90 Å². The second kappa shape index (κ2) is 9.54. The maximum absolute atomic E-state index is 13.6. The van der Waals surface area contributed by atoms with Crippen molar-refractivity contribution in [1.82, 2.24) is 9.47 Å². The summed E-state index contributed by atoms with van der Waals surface area (Å²) in [5.74, 6) is -1.48. The summed E-state index contributed by atoms with van der Waals surface area (Å²) < 4.78 is 6.84. The van der Waals surface area contributed by atoms with Gasteiger partial charge in [0, 0.05) is 24.1 Å². The van der Waals surface area contributed by atoms with Crippen molar-refractivity contribution in [3.8, 4) is 5.69 Å². The molecular weight excluding hydrogens is 474 g/mol. The number of hydrogen-bond acceptors (Lipinski definition) is 5. The van der Waals surface area contributed by atoms with E-state index in [-0.39, 0.29) is 10.7 Å². The van der Waals surface area contributed by atoms with Crippen LogP contribution in [-0.2, 0) is 14.3 Å². The number of hydrogen-bond donors (Lipinski definition) is 0. The highest BCUT2D eigenvalue weighted by atomic mass is 32.1. The minimum Gasteiger partial charge on any atom is -0.465 e. The van der Waals surface area contributed by atoms with Crippen LogP contribution in [-0.4, -0.2) is 46.5 Å². The molecule has 0 spiro atoms. The molecule has 3 aromatic rings. The molecule has 0 unspecified atom stereocenters. The fourth-order valence-electron chi connectivity index (χ4n) is 4.28. The molecule has 1 aliphatic heterocycles. The van der Waals surface area contributed by atoms with Crippen molar-refractivity contribution < 1.29 is 19.1 Å². The van der Waals surface area contributed by atoms with Gasteiger partial charge in [0.15, 0.2) is 5.11 Å². The number of likely N-dealkylation sites (N-methyl/N-ethyl adjacent to an activating group) is 1. The predicted octanol–water partition coefficient (Wildman–Crippen LogP) is 4.67. The zero-order chi connectivity index (χ0) is 26.3. The first-order valence-electron chi connectivity index (χ1n) is 11.4. The fraction of sp³-hybridized carbons (Fsp3) is 0.214. The summed E-state index contributed by atoms with van der Waals surface area (Å²) in [7, 11) is 2.84. The highest BCUT2D eigenvalue weighted by Crippen LogP contribution is 2.29. The lowest BCUT2D eigenvalue weighted by Gasteiger charge is -2.34. The number of benzene rings is 2. The highest BCUT2D eigenvalue weighted by Gasteiger charge is 2.38. The molecule has 0 radical (unpaired) electrons. The zero-order valence-electron chi connectivity index (χ0n) is 21.1. The number of esters is 1. The standard InChI is InChI=1S/C28H27N3O4S/c1-16-7-10-23(13-17(16)2)30-18(3)14-21(19(30)4)15-24-25(32)29(5)28(36)31(26(24)33)22-11-8-20(9-12-22)27(34)35-6/h7-15H,1-6H3. The monoisotopic (exact) mass is 501 g/mol. The van der Waals surface area contributed by atoms with Gasteiger partial charge in [-0.2, -0.15) is 0 Å². The lowest BCUT2D eigenvalue weighted by atomic mass is 10.1. The van der Waals surface area contributed by atoms with Crippen molar-refractivity contribution in [2.24, 2.45) is 0 Å². The van der Waals surface area contributed by atoms with E-state index in [1.165, 1.54) is 28.0 Å². The maximum atomic E-state index is 13.6. The number of carbonyl (C=O) groups is 3. The molecular formula is C28H27N3O4S. The van der Waals surface area contributed by atoms with Gasteiger partial charge < -0.3 is 9.30 Å². The van der Waals surface area contributed by atoms with Crippen LogP contribution in [0.25, 0.3) is 11.8 Å². The minimum absolute atomic E-state index is 0.00322. The molecule has 2 amide bonds. The van der Waals surface area contributed by atoms with Gasteiger partial charge in [-0.3, -0.25) is 19.4 Å². The van der Waals surface area contributed by atoms with E-state index in [1.54, 1.807) is 37.4 Å². The van der Waals surface area contributed by atoms with Crippen LogP contribution in [0.2, 0.25) is 0 Å². The molecule has 0 bridgehead atoms. The second-order valence-corrected chi connectivity index (χ2v) is 9.18. The van der Waals surface area contributed by atoms with Crippen LogP contribution in [0.1, 0.15) is 38.4 Å². The quantitative estimate of drug-likeness (QED) is 0.225. The van der Waals surface area contributed by atoms with E-state index in [0.29, 0.717) is 11.3 Å². The Morgan fingerprint density at radius 2 is 1.53 bits per heavy atom. The van der Waals surface area contributed by atoms with Crippen LogP contribution in [0, 0.1) is 27.7 Å². The molecule has 7 nitrogen and oxygen atoms in total. The fourth-order valence-corrected chi connectivity index (χ4v) is 4.55. The molecule has 4 rings (SSSR count). The smallest absolute Gasteiger partial charge is 0.337 e. The predicted molar refractivity (Wildman–Crippen MR) is 143 cm³/mol. The Morgan fingerprint density at radius 1 is 0.889 bits per heavy atom. The summed E-state index contributed by atoms with van der Waals surface area (Å²) in [5, 5.41) is 0.0635. The zero-order valence-corrected chi connectivity index (χ0v) is 21.9. The lowest BCUT2D eigenvalue weighted by Crippen LogP contribution is -2.54. The molecule has 2 heterocycles. The molecule has 1 fully saturated rings. The van der Waals surface area contributed by atoms with Crippen LogP contribution >= 0.6 is 12.2 Å². The molecule has 0 atom stereocenters. The van der Waals surface area contributed by atoms with E-state index in [9.17, 15) is 14.4 Å². The molecule has 0 saturated carbocycles. The van der Waals surface area contributed by atoms with Gasteiger partial charge in [-0.25, -0.2) is 4.79 Å². The maximum Gasteiger partial charge on any atom is 0.337 e. The van der Waals surface area contributed by atoms with Gasteiger partial charge in [0.1, 0.15) is 5.57 Å². The third-order valence-corrected chi connectivity index (χ3v) is 6.97. The van der Waals surface area contributed by atoms with Crippen molar-refractivity contribution in [3.63, 3.8) is 0 Å². The second-order valence-electron chi connectivity index (χ2n) is 8.81. The van der Waals surface area contributed by atoms with Gasteiger partial charge in [-0.05, 0) is 105 Å². The molecule has 36 heavy (non-hydrogen) atoms. The number of aromatic nitrogens is 1. The molecule has 1 aliphatic rings. The Balaban J connectivity index is 1.76. The van der Waals surface area contributed by atoms with Crippen molar-refractivity contribution in [3.05, 3.63) is 87.7 Å². The van der Waals surface area contributed by atoms with Gasteiger partial charge in [-0.1, -0.05) is 6.07 Å². The number of ether oxygens (including phenoxy) is 1. The number of aryl methyl sites for hydroxylation is 3. The summed E-state index contributed by atoms with van der Waals surface area (Å²) in [5.41, 5.74) is 6.87. The van der Waals surface area contributed by atoms with Crippen LogP contribution in [0.15, 0.2) is 54.1 Å². The molecule has 184 valence electrons. The summed E-state index contributed by atoms with van der Waals surface area (Å²) in [6.07, 6.45) is 1.62. The van der Waals surface area contributed by atoms with Gasteiger partial charge >= 0.3 is 5.97 Å². The summed E-state index contributed by atoms with van der Waals surface area (Å²) in [6.45, 7) is 8.09. The van der Waals surface area contributed by atoms with Crippen molar-refractivity contribution in [2.75, 3.05) is 19.1 Å². The van der Waals surface area contributed by atoms with E-state index in [1.807, 2.05) is 19.9 Å². The van der Waals surface area contributed by atoms with Gasteiger partial charge in [-0.15, -0.1) is 0 Å². The summed E-state index contributed by atoms with van der Waals surface area (Å²) >= 11 is 5.44. The first-order valence-corrected chi connectivity index (χ1v) is 11.8. The third kappa shape index (κ3) is 4.24. The third-order valence-electron chi connectivity index (χ3n) is 6.51. The summed E-state index contributed by atoms with van der Waals surface area (Å²) in [6, 6.07) is 14.5. The van der Waals surface area contributed by atoms with Crippen LogP contribution in [0.5, 0.6) is 0 Å². The first-order chi connectivity index (χ1) is 17.0. The van der Waals surface area contributed by atoms with E-state index in [2.05, 4.69) is 36.6 Å². The Hall–Kier alpha value is -4.04. The molecule has 2 aromatic carbocycles. The van der Waals surface area contributed by atoms with E-state index in [4.69, 9.17) is 17.0 Å². The van der Waals surface area contributed by atoms with Crippen molar-refractivity contribution in [1.29, 1.82) is 0 Å². The van der Waals surface area contributed by atoms with E-state index < -0.39 is 17.8 Å². The molecule has 0 N–H and O–H groups in total. The highest BCUT2D eigenvalue weighted by molar-refractivity contribution is 7.80. The van der Waals surface area contributed by atoms with Crippen molar-refractivity contribution in [2.45, 2.75) is 27.7 Å². The van der Waals surface area contributed by atoms with E-state index >= 15 is 0 Å². The number of anilines is 1. The molecule has 0 aliphatic carbocycles.